The predicted octanol–water partition coefficient (Wildman–Crippen LogP) is 14.3. The van der Waals surface area contributed by atoms with Gasteiger partial charge in [0.15, 0.2) is 0 Å². The zero-order valence-corrected chi connectivity index (χ0v) is 36.0. The first kappa shape index (κ1) is 40.2. The molecule has 6 heteroatoms. The normalized spacial score (nSPS) is 12.3. The van der Waals surface area contributed by atoms with Crippen LogP contribution in [0, 0.1) is 0 Å². The summed E-state index contributed by atoms with van der Waals surface area (Å²) in [6.07, 6.45) is 7.56. The van der Waals surface area contributed by atoms with Crippen LogP contribution >= 0.6 is 0 Å². The van der Waals surface area contributed by atoms with E-state index >= 15 is 0 Å². The van der Waals surface area contributed by atoms with Crippen molar-refractivity contribution in [3.63, 3.8) is 0 Å². The van der Waals surface area contributed by atoms with Gasteiger partial charge in [-0.05, 0) is 77.5 Å². The van der Waals surface area contributed by atoms with Gasteiger partial charge in [0, 0.05) is 64.1 Å². The molecule has 3 N–H and O–H groups in total. The molecule has 0 aliphatic heterocycles. The highest BCUT2D eigenvalue weighted by Gasteiger charge is 2.22. The first-order valence-electron chi connectivity index (χ1n) is 22.2. The van der Waals surface area contributed by atoms with Crippen molar-refractivity contribution < 1.29 is 10.2 Å². The van der Waals surface area contributed by atoms with Crippen LogP contribution in [0.4, 0.5) is 0 Å². The fraction of sp³-hybridized carbons (Fsp3) is 0.0500. The maximum absolute atomic E-state index is 12.5. The third-order valence-electron chi connectivity index (χ3n) is 12.6. The number of nitrogens with one attached hydrogen (secondary N) is 1. The van der Waals surface area contributed by atoms with Crippen molar-refractivity contribution in [1.29, 1.82) is 0 Å². The molecule has 0 saturated heterocycles. The Hall–Kier alpha value is -8.61. The van der Waals surface area contributed by atoms with Gasteiger partial charge in [0.2, 0.25) is 0 Å². The summed E-state index contributed by atoms with van der Waals surface area (Å²) >= 11 is 0. The van der Waals surface area contributed by atoms with Crippen LogP contribution in [0.25, 0.3) is 87.6 Å². The minimum atomic E-state index is -0.335. The number of rotatable bonds is 11. The van der Waals surface area contributed by atoms with E-state index in [0.29, 0.717) is 24.1 Å². The van der Waals surface area contributed by atoms with Gasteiger partial charge in [-0.25, -0.2) is 4.98 Å². The van der Waals surface area contributed by atoms with E-state index in [1.54, 1.807) is 25.0 Å². The number of aromatic amines is 1. The third kappa shape index (κ3) is 7.54. The second-order valence-corrected chi connectivity index (χ2v) is 16.7. The summed E-state index contributed by atoms with van der Waals surface area (Å²) in [5.74, 6) is 0.322. The number of aromatic nitrogens is 2. The lowest BCUT2D eigenvalue weighted by molar-refractivity contribution is 0.476. The fourth-order valence-corrected chi connectivity index (χ4v) is 9.49. The maximum Gasteiger partial charge on any atom is 0.132 e. The zero-order valence-electron chi connectivity index (χ0n) is 36.0. The monoisotopic (exact) mass is 852 g/mol. The Balaban J connectivity index is 1.01. The van der Waals surface area contributed by atoms with Gasteiger partial charge in [-0.1, -0.05) is 182 Å². The highest BCUT2D eigenvalue weighted by molar-refractivity contribution is 6.16. The number of H-pyrrole nitrogens is 1. The molecule has 11 rings (SSSR count). The maximum atomic E-state index is 12.5. The van der Waals surface area contributed by atoms with E-state index in [1.165, 1.54) is 0 Å². The summed E-state index contributed by atoms with van der Waals surface area (Å²) in [7, 11) is 0. The zero-order chi connectivity index (χ0) is 44.4. The topological polar surface area (TPSA) is 93.9 Å². The van der Waals surface area contributed by atoms with Crippen LogP contribution in [0.2, 0.25) is 0 Å². The summed E-state index contributed by atoms with van der Waals surface area (Å²) in [6, 6.07) is 66.1. The van der Waals surface area contributed by atoms with Crippen LogP contribution in [-0.2, 0) is 6.42 Å². The highest BCUT2D eigenvalue weighted by atomic mass is 16.3. The van der Waals surface area contributed by atoms with E-state index in [2.05, 4.69) is 119 Å². The molecule has 0 radical (unpaired) electrons. The molecule has 0 spiro atoms. The summed E-state index contributed by atoms with van der Waals surface area (Å²) in [5, 5.41) is 33.1. The summed E-state index contributed by atoms with van der Waals surface area (Å²) in [6.45, 7) is 0.309. The SMILES string of the molecule is Oc1c(C=NC[C@H](Cc2cnc[nH]2)N=Cc2cc3ccccc3c(-c3c(-c4ccccc4)ccc4ccccc34)c2O)cc2ccccc2c1-c1c(-c2ccccc2)ccc2ccccc12. The van der Waals surface area contributed by atoms with Gasteiger partial charge in [0.1, 0.15) is 11.5 Å². The molecule has 1 atom stereocenters. The third-order valence-corrected chi connectivity index (χ3v) is 12.6. The Kier molecular flexibility index (Phi) is 10.7. The molecule has 66 heavy (non-hydrogen) atoms. The molecule has 316 valence electrons. The minimum Gasteiger partial charge on any atom is -0.507 e. The van der Waals surface area contributed by atoms with Crippen LogP contribution < -0.4 is 0 Å². The first-order chi connectivity index (χ1) is 32.6. The van der Waals surface area contributed by atoms with Crippen molar-refractivity contribution >= 4 is 55.5 Å². The van der Waals surface area contributed by atoms with Gasteiger partial charge in [-0.3, -0.25) is 9.98 Å². The number of benzene rings is 10. The molecular weight excluding hydrogens is 809 g/mol. The summed E-state index contributed by atoms with van der Waals surface area (Å²) < 4.78 is 0. The molecule has 11 aromatic rings. The van der Waals surface area contributed by atoms with E-state index in [0.717, 1.165) is 93.3 Å². The van der Waals surface area contributed by atoms with Crippen LogP contribution in [0.3, 0.4) is 0 Å². The summed E-state index contributed by atoms with van der Waals surface area (Å²) in [4.78, 5) is 17.7. The Morgan fingerprint density at radius 3 is 1.39 bits per heavy atom. The number of imidazole rings is 1. The molecule has 0 saturated carbocycles. The first-order valence-corrected chi connectivity index (χ1v) is 22.2. The Labute approximate surface area is 382 Å². The van der Waals surface area contributed by atoms with Gasteiger partial charge < -0.3 is 15.2 Å². The molecular formula is C60H44N4O2. The van der Waals surface area contributed by atoms with Gasteiger partial charge in [0.25, 0.3) is 0 Å². The van der Waals surface area contributed by atoms with Crippen molar-refractivity contribution in [3.05, 3.63) is 223 Å². The van der Waals surface area contributed by atoms with Crippen LogP contribution in [0.1, 0.15) is 16.8 Å². The van der Waals surface area contributed by atoms with Crippen LogP contribution in [-0.4, -0.2) is 45.2 Å². The lowest BCUT2D eigenvalue weighted by Gasteiger charge is -2.19. The lowest BCUT2D eigenvalue weighted by Crippen LogP contribution is -2.14. The van der Waals surface area contributed by atoms with E-state index in [1.807, 2.05) is 84.9 Å². The van der Waals surface area contributed by atoms with Crippen molar-refractivity contribution in [3.8, 4) is 56.0 Å². The molecule has 0 amide bonds. The lowest BCUT2D eigenvalue weighted by atomic mass is 9.86. The van der Waals surface area contributed by atoms with Gasteiger partial charge >= 0.3 is 0 Å². The van der Waals surface area contributed by atoms with E-state index < -0.39 is 0 Å². The molecule has 0 bridgehead atoms. The van der Waals surface area contributed by atoms with Gasteiger partial charge in [-0.15, -0.1) is 0 Å². The standard InChI is InChI=1S/C60H44N4O2/c65-59-45(31-43-21-9-13-25-51(43)57(59)55-49-23-11-7-19-41(49)27-29-53(55)39-15-3-1-4-16-39)34-61-36-47(33-48-37-62-38-64-48)63-35-46-32-44-22-10-14-26-52(44)58(60(46)66)56-50-24-12-8-20-42(50)28-30-54(56)40-17-5-2-6-18-40/h1-32,34-35,37-38,47,65-66H,33,36H2,(H,62,64)/t47-/m0/s1. The van der Waals surface area contributed by atoms with Crippen molar-refractivity contribution in [2.75, 3.05) is 6.54 Å². The van der Waals surface area contributed by atoms with E-state index in [4.69, 9.17) is 9.98 Å². The fourth-order valence-electron chi connectivity index (χ4n) is 9.49. The number of aromatic hydroxyl groups is 2. The number of hydrogen-bond acceptors (Lipinski definition) is 5. The molecule has 0 aliphatic carbocycles. The Morgan fingerprint density at radius 1 is 0.470 bits per heavy atom. The molecule has 0 unspecified atom stereocenters. The number of hydrogen-bond donors (Lipinski definition) is 3. The minimum absolute atomic E-state index is 0.159. The van der Waals surface area contributed by atoms with E-state index in [-0.39, 0.29) is 17.5 Å². The number of aliphatic imine (C=N–C) groups is 2. The molecule has 0 aliphatic rings. The molecule has 1 heterocycles. The number of phenols is 2. The number of nitrogens with zero attached hydrogens (tertiary/aromatic N) is 3. The smallest absolute Gasteiger partial charge is 0.132 e. The van der Waals surface area contributed by atoms with E-state index in [9.17, 15) is 10.2 Å². The van der Waals surface area contributed by atoms with Crippen LogP contribution in [0.5, 0.6) is 11.5 Å². The number of phenolic OH excluding ortho intramolecular Hbond substituents is 2. The molecule has 6 nitrogen and oxygen atoms in total. The van der Waals surface area contributed by atoms with Crippen molar-refractivity contribution in [2.45, 2.75) is 12.5 Å². The largest absolute Gasteiger partial charge is 0.507 e. The summed E-state index contributed by atoms with van der Waals surface area (Å²) in [5.41, 5.74) is 9.81. The molecule has 1 aromatic heterocycles. The predicted molar refractivity (Wildman–Crippen MR) is 274 cm³/mol. The quantitative estimate of drug-likeness (QED) is 0.113. The Bertz CT molecular complexity index is 3620. The Morgan fingerprint density at radius 2 is 0.909 bits per heavy atom. The van der Waals surface area contributed by atoms with Gasteiger partial charge in [0.05, 0.1) is 18.9 Å². The second-order valence-electron chi connectivity index (χ2n) is 16.7. The highest BCUT2D eigenvalue weighted by Crippen LogP contribution is 2.48. The van der Waals surface area contributed by atoms with Gasteiger partial charge in [-0.2, -0.15) is 0 Å². The number of fused-ring (bicyclic) bond motifs is 4. The second kappa shape index (κ2) is 17.5. The van der Waals surface area contributed by atoms with Crippen molar-refractivity contribution in [2.24, 2.45) is 9.98 Å². The van der Waals surface area contributed by atoms with Crippen LogP contribution in [0.15, 0.2) is 217 Å². The average molecular weight is 853 g/mol. The average Bonchev–Trinajstić information content (AvgIpc) is 3.89. The molecule has 10 aromatic carbocycles. The molecule has 0 fully saturated rings. The van der Waals surface area contributed by atoms with Crippen molar-refractivity contribution in [1.82, 2.24) is 9.97 Å².